The summed E-state index contributed by atoms with van der Waals surface area (Å²) < 4.78 is 7.14. The number of hydrogen-bond donors (Lipinski definition) is 2. The fourth-order valence-electron chi connectivity index (χ4n) is 3.93. The lowest BCUT2D eigenvalue weighted by molar-refractivity contribution is -0.149. The van der Waals surface area contributed by atoms with E-state index < -0.39 is 17.3 Å². The normalized spacial score (nSPS) is 25.1. The van der Waals surface area contributed by atoms with Crippen molar-refractivity contribution in [2.45, 2.75) is 6.54 Å². The van der Waals surface area contributed by atoms with Crippen LogP contribution in [-0.4, -0.2) is 58.2 Å². The summed E-state index contributed by atoms with van der Waals surface area (Å²) in [4.78, 5) is 30.2. The Labute approximate surface area is 150 Å². The number of nitrogens with zero attached hydrogens (tertiary/aromatic N) is 3. The van der Waals surface area contributed by atoms with Crippen LogP contribution in [0.15, 0.2) is 36.7 Å². The maximum Gasteiger partial charge on any atom is 0.313 e. The minimum atomic E-state index is -1.03. The summed E-state index contributed by atoms with van der Waals surface area (Å²) in [6, 6.07) is 7.63. The number of nitrogens with one attached hydrogen (secondary N) is 1. The molecule has 0 bridgehead atoms. The van der Waals surface area contributed by atoms with Gasteiger partial charge in [-0.05, 0) is 24.3 Å². The van der Waals surface area contributed by atoms with Crippen LogP contribution in [0.2, 0.25) is 0 Å². The van der Waals surface area contributed by atoms with Gasteiger partial charge < -0.3 is 19.7 Å². The number of fused-ring (bicyclic) bond motifs is 1. The van der Waals surface area contributed by atoms with Crippen molar-refractivity contribution < 1.29 is 19.4 Å². The summed E-state index contributed by atoms with van der Waals surface area (Å²) >= 11 is 0. The molecule has 8 nitrogen and oxygen atoms in total. The summed E-state index contributed by atoms with van der Waals surface area (Å²) in [5.41, 5.74) is -0.0855. The maximum atomic E-state index is 12.0. The lowest BCUT2D eigenvalue weighted by Gasteiger charge is -2.22. The number of aromatic nitrogens is 2. The molecule has 4 rings (SSSR count). The van der Waals surface area contributed by atoms with Crippen molar-refractivity contribution in [2.75, 3.05) is 26.7 Å². The Morgan fingerprint density at radius 1 is 1.42 bits per heavy atom. The molecule has 0 radical (unpaired) electrons. The molecular weight excluding hydrogens is 336 g/mol. The van der Waals surface area contributed by atoms with E-state index in [-0.39, 0.29) is 12.5 Å². The SMILES string of the molecule is COc1ccc(-n2ccnc2CN2C[C@@H]3C(=O)NC[C@]3(C(=O)O)C2)cc1. The lowest BCUT2D eigenvalue weighted by atomic mass is 9.81. The summed E-state index contributed by atoms with van der Waals surface area (Å²) in [6.07, 6.45) is 3.59. The van der Waals surface area contributed by atoms with Crippen molar-refractivity contribution in [3.05, 3.63) is 42.5 Å². The van der Waals surface area contributed by atoms with E-state index in [9.17, 15) is 14.7 Å². The number of likely N-dealkylation sites (tertiary alicyclic amines) is 1. The van der Waals surface area contributed by atoms with Gasteiger partial charge in [-0.2, -0.15) is 0 Å². The fourth-order valence-corrected chi connectivity index (χ4v) is 3.93. The highest BCUT2D eigenvalue weighted by Gasteiger charge is 2.59. The molecule has 2 aliphatic rings. The average Bonchev–Trinajstić information content (AvgIpc) is 3.32. The topological polar surface area (TPSA) is 96.7 Å². The molecule has 136 valence electrons. The molecule has 0 aliphatic carbocycles. The number of aliphatic carboxylic acids is 1. The van der Waals surface area contributed by atoms with Gasteiger partial charge in [0.15, 0.2) is 0 Å². The van der Waals surface area contributed by atoms with Crippen LogP contribution in [0.5, 0.6) is 5.75 Å². The molecule has 2 N–H and O–H groups in total. The van der Waals surface area contributed by atoms with Crippen molar-refractivity contribution >= 4 is 11.9 Å². The van der Waals surface area contributed by atoms with Crippen molar-refractivity contribution in [3.8, 4) is 11.4 Å². The lowest BCUT2D eigenvalue weighted by Crippen LogP contribution is -2.40. The first-order valence-electron chi connectivity index (χ1n) is 8.43. The quantitative estimate of drug-likeness (QED) is 0.810. The zero-order chi connectivity index (χ0) is 18.3. The van der Waals surface area contributed by atoms with Gasteiger partial charge in [-0.15, -0.1) is 0 Å². The van der Waals surface area contributed by atoms with Crippen molar-refractivity contribution in [1.29, 1.82) is 0 Å². The molecule has 0 saturated carbocycles. The Morgan fingerprint density at radius 2 is 2.19 bits per heavy atom. The standard InChI is InChI=1S/C18H20N4O4/c1-26-13-4-2-12(3-5-13)22-7-6-19-15(22)9-21-8-14-16(23)20-10-18(14,11-21)17(24)25/h2-7,14H,8-11H2,1H3,(H,20,23)(H,24,25)/t14-,18+/m1/s1. The predicted molar refractivity (Wildman–Crippen MR) is 92.0 cm³/mol. The first-order chi connectivity index (χ1) is 12.5. The number of carboxylic acid groups (broad SMARTS) is 1. The first-order valence-corrected chi connectivity index (χ1v) is 8.43. The molecule has 3 heterocycles. The predicted octanol–water partition coefficient (Wildman–Crippen LogP) is 0.514. The molecular formula is C18H20N4O4. The van der Waals surface area contributed by atoms with E-state index in [4.69, 9.17) is 4.74 Å². The maximum absolute atomic E-state index is 12.0. The van der Waals surface area contributed by atoms with Gasteiger partial charge in [-0.25, -0.2) is 4.98 Å². The van der Waals surface area contributed by atoms with Gasteiger partial charge in [0, 0.05) is 37.7 Å². The Morgan fingerprint density at radius 3 is 2.85 bits per heavy atom. The zero-order valence-electron chi connectivity index (χ0n) is 14.4. The van der Waals surface area contributed by atoms with Crippen LogP contribution >= 0.6 is 0 Å². The fraction of sp³-hybridized carbons (Fsp3) is 0.389. The van der Waals surface area contributed by atoms with Crippen LogP contribution in [0, 0.1) is 11.3 Å². The van der Waals surface area contributed by atoms with Crippen molar-refractivity contribution in [3.63, 3.8) is 0 Å². The Balaban J connectivity index is 1.55. The van der Waals surface area contributed by atoms with Crippen LogP contribution in [0.4, 0.5) is 0 Å². The molecule has 0 unspecified atom stereocenters. The van der Waals surface area contributed by atoms with Gasteiger partial charge in [-0.1, -0.05) is 0 Å². The van der Waals surface area contributed by atoms with E-state index in [2.05, 4.69) is 10.3 Å². The first kappa shape index (κ1) is 16.6. The third kappa shape index (κ3) is 2.53. The highest BCUT2D eigenvalue weighted by Crippen LogP contribution is 2.40. The van der Waals surface area contributed by atoms with Gasteiger partial charge in [0.25, 0.3) is 0 Å². The number of benzene rings is 1. The van der Waals surface area contributed by atoms with Gasteiger partial charge in [-0.3, -0.25) is 14.5 Å². The summed E-state index contributed by atoms with van der Waals surface area (Å²) in [6.45, 7) is 1.43. The average molecular weight is 356 g/mol. The Kier molecular flexibility index (Phi) is 3.91. The number of rotatable bonds is 5. The van der Waals surface area contributed by atoms with Gasteiger partial charge in [0.2, 0.25) is 5.91 Å². The molecule has 8 heteroatoms. The van der Waals surface area contributed by atoms with E-state index in [1.807, 2.05) is 39.9 Å². The highest BCUT2D eigenvalue weighted by atomic mass is 16.5. The third-order valence-electron chi connectivity index (χ3n) is 5.37. The molecule has 26 heavy (non-hydrogen) atoms. The van der Waals surface area contributed by atoms with Crippen LogP contribution in [0.25, 0.3) is 5.69 Å². The molecule has 2 fully saturated rings. The van der Waals surface area contributed by atoms with Crippen molar-refractivity contribution in [1.82, 2.24) is 19.8 Å². The molecule has 0 spiro atoms. The van der Waals surface area contributed by atoms with E-state index in [1.54, 1.807) is 13.3 Å². The van der Waals surface area contributed by atoms with E-state index in [0.29, 0.717) is 19.6 Å². The molecule has 2 aliphatic heterocycles. The number of carbonyl (C=O) groups excluding carboxylic acids is 1. The molecule has 1 aromatic carbocycles. The largest absolute Gasteiger partial charge is 0.497 e. The second-order valence-corrected chi connectivity index (χ2v) is 6.81. The van der Waals surface area contributed by atoms with E-state index >= 15 is 0 Å². The zero-order valence-corrected chi connectivity index (χ0v) is 14.4. The summed E-state index contributed by atoms with van der Waals surface area (Å²) in [5.74, 6) is -0.0204. The smallest absolute Gasteiger partial charge is 0.313 e. The molecule has 1 amide bonds. The minimum Gasteiger partial charge on any atom is -0.497 e. The number of methoxy groups -OCH3 is 1. The summed E-state index contributed by atoms with van der Waals surface area (Å²) in [7, 11) is 1.62. The van der Waals surface area contributed by atoms with Gasteiger partial charge >= 0.3 is 5.97 Å². The molecule has 2 atom stereocenters. The number of hydrogen-bond acceptors (Lipinski definition) is 5. The minimum absolute atomic E-state index is 0.173. The second kappa shape index (κ2) is 6.14. The number of carbonyl (C=O) groups is 2. The molecule has 1 aromatic heterocycles. The van der Waals surface area contributed by atoms with Crippen LogP contribution < -0.4 is 10.1 Å². The highest BCUT2D eigenvalue weighted by molar-refractivity contribution is 5.92. The van der Waals surface area contributed by atoms with Gasteiger partial charge in [0.1, 0.15) is 17.0 Å². The van der Waals surface area contributed by atoms with Crippen LogP contribution in [0.1, 0.15) is 5.82 Å². The number of ether oxygens (including phenoxy) is 1. The number of imidazole rings is 1. The number of carboxylic acids is 1. The van der Waals surface area contributed by atoms with Crippen molar-refractivity contribution in [2.24, 2.45) is 11.3 Å². The Hall–Kier alpha value is -2.87. The van der Waals surface area contributed by atoms with E-state index in [0.717, 1.165) is 17.3 Å². The molecule has 2 saturated heterocycles. The summed E-state index contributed by atoms with van der Waals surface area (Å²) in [5, 5.41) is 12.4. The van der Waals surface area contributed by atoms with Gasteiger partial charge in [0.05, 0.1) is 19.6 Å². The third-order valence-corrected chi connectivity index (χ3v) is 5.37. The van der Waals surface area contributed by atoms with Crippen LogP contribution in [-0.2, 0) is 16.1 Å². The monoisotopic (exact) mass is 356 g/mol. The van der Waals surface area contributed by atoms with Crippen LogP contribution in [0.3, 0.4) is 0 Å². The van der Waals surface area contributed by atoms with E-state index in [1.165, 1.54) is 0 Å². The number of amides is 1. The second-order valence-electron chi connectivity index (χ2n) is 6.81. The Bertz CT molecular complexity index is 847. The molecule has 2 aromatic rings.